The van der Waals surface area contributed by atoms with Gasteiger partial charge in [0.25, 0.3) is 0 Å². The van der Waals surface area contributed by atoms with Crippen LogP contribution in [0.4, 0.5) is 0 Å². The Balaban J connectivity index is 1.93. The van der Waals surface area contributed by atoms with E-state index in [1.165, 1.54) is 42.5 Å². The molecule has 1 aliphatic carbocycles. The second-order valence-electron chi connectivity index (χ2n) is 4.92. The zero-order valence-electron chi connectivity index (χ0n) is 10.1. The lowest BCUT2D eigenvalue weighted by Crippen LogP contribution is -2.11. The SMILES string of the molecule is CCc1ccsc1C(O)CC1CCCCC1. The molecule has 1 unspecified atom stereocenters. The highest BCUT2D eigenvalue weighted by molar-refractivity contribution is 7.10. The molecule has 1 aromatic heterocycles. The predicted octanol–water partition coefficient (Wildman–Crippen LogP) is 4.31. The van der Waals surface area contributed by atoms with E-state index in [0.717, 1.165) is 18.8 Å². The Bertz CT molecular complexity index is 312. The van der Waals surface area contributed by atoms with Crippen LogP contribution in [-0.2, 0) is 6.42 Å². The Morgan fingerprint density at radius 2 is 2.12 bits per heavy atom. The van der Waals surface area contributed by atoms with Crippen molar-refractivity contribution in [2.45, 2.75) is 58.0 Å². The van der Waals surface area contributed by atoms with Crippen LogP contribution in [0.1, 0.15) is 62.0 Å². The summed E-state index contributed by atoms with van der Waals surface area (Å²) in [4.78, 5) is 1.22. The third-order valence-corrected chi connectivity index (χ3v) is 4.81. The van der Waals surface area contributed by atoms with Crippen LogP contribution in [0.15, 0.2) is 11.4 Å². The van der Waals surface area contributed by atoms with Crippen molar-refractivity contribution in [3.05, 3.63) is 21.9 Å². The van der Waals surface area contributed by atoms with Gasteiger partial charge in [-0.05, 0) is 35.8 Å². The molecule has 0 aliphatic heterocycles. The molecule has 1 fully saturated rings. The number of rotatable bonds is 4. The lowest BCUT2D eigenvalue weighted by Gasteiger charge is -2.24. The molecule has 1 aliphatic rings. The minimum Gasteiger partial charge on any atom is -0.388 e. The van der Waals surface area contributed by atoms with Crippen molar-refractivity contribution in [2.75, 3.05) is 0 Å². The fraction of sp³-hybridized carbons (Fsp3) is 0.714. The molecule has 1 aromatic rings. The molecule has 2 heteroatoms. The minimum atomic E-state index is -0.210. The summed E-state index contributed by atoms with van der Waals surface area (Å²) in [6.07, 6.45) is 8.58. The van der Waals surface area contributed by atoms with Crippen LogP contribution in [0.5, 0.6) is 0 Å². The van der Waals surface area contributed by atoms with Gasteiger partial charge in [0.1, 0.15) is 0 Å². The molecule has 1 nitrogen and oxygen atoms in total. The van der Waals surface area contributed by atoms with Crippen molar-refractivity contribution < 1.29 is 5.11 Å². The molecule has 0 spiro atoms. The monoisotopic (exact) mass is 238 g/mol. The first kappa shape index (κ1) is 12.1. The van der Waals surface area contributed by atoms with Crippen LogP contribution in [0.2, 0.25) is 0 Å². The summed E-state index contributed by atoms with van der Waals surface area (Å²) in [7, 11) is 0. The van der Waals surface area contributed by atoms with Gasteiger partial charge < -0.3 is 5.11 Å². The van der Waals surface area contributed by atoms with Gasteiger partial charge in [-0.15, -0.1) is 11.3 Å². The highest BCUT2D eigenvalue weighted by Crippen LogP contribution is 2.34. The second kappa shape index (κ2) is 5.83. The normalized spacial score (nSPS) is 19.9. The third kappa shape index (κ3) is 2.86. The van der Waals surface area contributed by atoms with Gasteiger partial charge in [0.2, 0.25) is 0 Å². The molecule has 90 valence electrons. The van der Waals surface area contributed by atoms with Gasteiger partial charge in [-0.2, -0.15) is 0 Å². The van der Waals surface area contributed by atoms with Gasteiger partial charge in [-0.3, -0.25) is 0 Å². The summed E-state index contributed by atoms with van der Waals surface area (Å²) >= 11 is 1.72. The Hall–Kier alpha value is -0.340. The van der Waals surface area contributed by atoms with Gasteiger partial charge in [-0.25, -0.2) is 0 Å². The van der Waals surface area contributed by atoms with Crippen molar-refractivity contribution in [3.8, 4) is 0 Å². The first-order valence-electron chi connectivity index (χ1n) is 6.55. The highest BCUT2D eigenvalue weighted by atomic mass is 32.1. The van der Waals surface area contributed by atoms with E-state index in [1.807, 2.05) is 0 Å². The molecule has 0 saturated heterocycles. The Morgan fingerprint density at radius 1 is 1.38 bits per heavy atom. The summed E-state index contributed by atoms with van der Waals surface area (Å²) in [5.74, 6) is 0.760. The topological polar surface area (TPSA) is 20.2 Å². The average molecular weight is 238 g/mol. The molecular weight excluding hydrogens is 216 g/mol. The minimum absolute atomic E-state index is 0.210. The van der Waals surface area contributed by atoms with Gasteiger partial charge in [-0.1, -0.05) is 39.0 Å². The summed E-state index contributed by atoms with van der Waals surface area (Å²) in [5.41, 5.74) is 1.34. The lowest BCUT2D eigenvalue weighted by molar-refractivity contribution is 0.134. The van der Waals surface area contributed by atoms with Crippen molar-refractivity contribution in [1.82, 2.24) is 0 Å². The van der Waals surface area contributed by atoms with Crippen LogP contribution in [-0.4, -0.2) is 5.11 Å². The Kier molecular flexibility index (Phi) is 4.42. The number of aliphatic hydroxyl groups is 1. The van der Waals surface area contributed by atoms with E-state index < -0.39 is 0 Å². The fourth-order valence-corrected chi connectivity index (χ4v) is 3.77. The number of aryl methyl sites for hydroxylation is 1. The largest absolute Gasteiger partial charge is 0.388 e. The van der Waals surface area contributed by atoms with Crippen LogP contribution >= 0.6 is 11.3 Å². The standard InChI is InChI=1S/C14H22OS/c1-2-12-8-9-16-14(12)13(15)10-11-6-4-3-5-7-11/h8-9,11,13,15H,2-7,10H2,1H3. The number of aliphatic hydroxyl groups excluding tert-OH is 1. The molecule has 0 amide bonds. The molecule has 0 bridgehead atoms. The van der Waals surface area contributed by atoms with E-state index in [9.17, 15) is 5.11 Å². The van der Waals surface area contributed by atoms with E-state index >= 15 is 0 Å². The molecular formula is C14H22OS. The maximum absolute atomic E-state index is 10.3. The van der Waals surface area contributed by atoms with Gasteiger partial charge >= 0.3 is 0 Å². The third-order valence-electron chi connectivity index (χ3n) is 3.75. The maximum atomic E-state index is 10.3. The average Bonchev–Trinajstić information content (AvgIpc) is 2.78. The summed E-state index contributed by atoms with van der Waals surface area (Å²) in [6, 6.07) is 2.16. The van der Waals surface area contributed by atoms with Gasteiger partial charge in [0.05, 0.1) is 6.10 Å². The molecule has 16 heavy (non-hydrogen) atoms. The molecule has 2 rings (SSSR count). The number of hydrogen-bond donors (Lipinski definition) is 1. The van der Waals surface area contributed by atoms with Crippen LogP contribution < -0.4 is 0 Å². The van der Waals surface area contributed by atoms with Gasteiger partial charge in [0.15, 0.2) is 0 Å². The molecule has 0 radical (unpaired) electrons. The zero-order valence-corrected chi connectivity index (χ0v) is 10.9. The van der Waals surface area contributed by atoms with Crippen LogP contribution in [0, 0.1) is 5.92 Å². The highest BCUT2D eigenvalue weighted by Gasteiger charge is 2.20. The summed E-state index contributed by atoms with van der Waals surface area (Å²) < 4.78 is 0. The zero-order chi connectivity index (χ0) is 11.4. The van der Waals surface area contributed by atoms with Crippen molar-refractivity contribution >= 4 is 11.3 Å². The lowest BCUT2D eigenvalue weighted by atomic mass is 9.85. The van der Waals surface area contributed by atoms with Crippen molar-refractivity contribution in [2.24, 2.45) is 5.92 Å². The second-order valence-corrected chi connectivity index (χ2v) is 5.87. The first-order chi connectivity index (χ1) is 7.81. The van der Waals surface area contributed by atoms with Crippen molar-refractivity contribution in [3.63, 3.8) is 0 Å². The smallest absolute Gasteiger partial charge is 0.0887 e. The van der Waals surface area contributed by atoms with E-state index in [4.69, 9.17) is 0 Å². The molecule has 1 atom stereocenters. The molecule has 1 heterocycles. The van der Waals surface area contributed by atoms with Crippen LogP contribution in [0.3, 0.4) is 0 Å². The first-order valence-corrected chi connectivity index (χ1v) is 7.43. The van der Waals surface area contributed by atoms with E-state index in [-0.39, 0.29) is 6.10 Å². The van der Waals surface area contributed by atoms with E-state index in [0.29, 0.717) is 0 Å². The Morgan fingerprint density at radius 3 is 2.81 bits per heavy atom. The van der Waals surface area contributed by atoms with E-state index in [2.05, 4.69) is 18.4 Å². The molecule has 1 saturated carbocycles. The molecule has 1 N–H and O–H groups in total. The van der Waals surface area contributed by atoms with Gasteiger partial charge in [0, 0.05) is 4.88 Å². The molecule has 0 aromatic carbocycles. The number of thiophene rings is 1. The van der Waals surface area contributed by atoms with Crippen molar-refractivity contribution in [1.29, 1.82) is 0 Å². The number of hydrogen-bond acceptors (Lipinski definition) is 2. The maximum Gasteiger partial charge on any atom is 0.0887 e. The van der Waals surface area contributed by atoms with Crippen LogP contribution in [0.25, 0.3) is 0 Å². The predicted molar refractivity (Wildman–Crippen MR) is 69.8 cm³/mol. The summed E-state index contributed by atoms with van der Waals surface area (Å²) in [6.45, 7) is 2.17. The summed E-state index contributed by atoms with van der Waals surface area (Å²) in [5, 5.41) is 12.4. The quantitative estimate of drug-likeness (QED) is 0.828. The van der Waals surface area contributed by atoms with E-state index in [1.54, 1.807) is 11.3 Å². The Labute approximate surface area is 103 Å². The fourth-order valence-electron chi connectivity index (χ4n) is 2.78.